The molecule has 4 heteroatoms. The Labute approximate surface area is 66.6 Å². The summed E-state index contributed by atoms with van der Waals surface area (Å²) in [5.41, 5.74) is 2.23. The van der Waals surface area contributed by atoms with E-state index in [1.807, 2.05) is 6.92 Å². The van der Waals surface area contributed by atoms with Crippen molar-refractivity contribution in [1.82, 2.24) is 5.43 Å². The van der Waals surface area contributed by atoms with Crippen LogP contribution in [0.3, 0.4) is 0 Å². The SMILES string of the molecule is CCC/C=N\NC(=O)OCC. The summed E-state index contributed by atoms with van der Waals surface area (Å²) in [4.78, 5) is 10.6. The molecule has 0 unspecified atom stereocenters. The second-order valence-corrected chi connectivity index (χ2v) is 1.93. The molecular formula is C7H14N2O2. The van der Waals surface area contributed by atoms with E-state index in [2.05, 4.69) is 15.3 Å². The summed E-state index contributed by atoms with van der Waals surface area (Å²) in [6.07, 6.45) is 3.04. The molecule has 0 aromatic heterocycles. The molecule has 1 amide bonds. The predicted molar refractivity (Wildman–Crippen MR) is 43.6 cm³/mol. The lowest BCUT2D eigenvalue weighted by Crippen LogP contribution is -2.18. The Balaban J connectivity index is 3.29. The van der Waals surface area contributed by atoms with Crippen molar-refractivity contribution >= 4 is 12.3 Å². The monoisotopic (exact) mass is 158 g/mol. The van der Waals surface area contributed by atoms with E-state index in [-0.39, 0.29) is 0 Å². The first-order valence-electron chi connectivity index (χ1n) is 3.75. The minimum absolute atomic E-state index is 0.370. The van der Waals surface area contributed by atoms with Gasteiger partial charge in [-0.15, -0.1) is 0 Å². The third-order valence-electron chi connectivity index (χ3n) is 0.940. The summed E-state index contributed by atoms with van der Waals surface area (Å²) in [5, 5.41) is 3.63. The summed E-state index contributed by atoms with van der Waals surface area (Å²) in [5.74, 6) is 0. The van der Waals surface area contributed by atoms with Crippen LogP contribution in [0.25, 0.3) is 0 Å². The Morgan fingerprint density at radius 3 is 2.91 bits per heavy atom. The van der Waals surface area contributed by atoms with E-state index in [9.17, 15) is 4.79 Å². The summed E-state index contributed by atoms with van der Waals surface area (Å²) in [7, 11) is 0. The van der Waals surface area contributed by atoms with Crippen LogP contribution in [0.5, 0.6) is 0 Å². The highest BCUT2D eigenvalue weighted by Crippen LogP contribution is 1.80. The zero-order valence-corrected chi connectivity index (χ0v) is 6.96. The topological polar surface area (TPSA) is 50.7 Å². The van der Waals surface area contributed by atoms with Crippen molar-refractivity contribution in [2.24, 2.45) is 5.10 Å². The Morgan fingerprint density at radius 2 is 2.36 bits per heavy atom. The summed E-state index contributed by atoms with van der Waals surface area (Å²) in [6, 6.07) is 0. The second-order valence-electron chi connectivity index (χ2n) is 1.93. The Kier molecular flexibility index (Phi) is 6.37. The fraction of sp³-hybridized carbons (Fsp3) is 0.714. The zero-order valence-electron chi connectivity index (χ0n) is 6.96. The van der Waals surface area contributed by atoms with Crippen LogP contribution in [0.15, 0.2) is 5.10 Å². The highest BCUT2D eigenvalue weighted by molar-refractivity contribution is 5.68. The first-order valence-corrected chi connectivity index (χ1v) is 3.75. The van der Waals surface area contributed by atoms with Gasteiger partial charge in [-0.05, 0) is 13.3 Å². The van der Waals surface area contributed by atoms with Crippen LogP contribution in [0.4, 0.5) is 4.79 Å². The number of ether oxygens (including phenoxy) is 1. The lowest BCUT2D eigenvalue weighted by molar-refractivity contribution is 0.152. The Bertz CT molecular complexity index is 134. The van der Waals surface area contributed by atoms with Gasteiger partial charge in [0.05, 0.1) is 6.61 Å². The number of nitrogens with one attached hydrogen (secondary N) is 1. The number of nitrogens with zero attached hydrogens (tertiary/aromatic N) is 1. The van der Waals surface area contributed by atoms with Crippen molar-refractivity contribution in [3.63, 3.8) is 0 Å². The maximum Gasteiger partial charge on any atom is 0.427 e. The number of hydrazone groups is 1. The first kappa shape index (κ1) is 9.94. The minimum atomic E-state index is -0.500. The van der Waals surface area contributed by atoms with Crippen LogP contribution >= 0.6 is 0 Å². The maximum atomic E-state index is 10.6. The van der Waals surface area contributed by atoms with Gasteiger partial charge < -0.3 is 4.74 Å². The number of unbranched alkanes of at least 4 members (excludes halogenated alkanes) is 1. The van der Waals surface area contributed by atoms with Gasteiger partial charge in [0.2, 0.25) is 0 Å². The summed E-state index contributed by atoms with van der Waals surface area (Å²) < 4.78 is 4.56. The van der Waals surface area contributed by atoms with Crippen molar-refractivity contribution in [3.8, 4) is 0 Å². The third-order valence-corrected chi connectivity index (χ3v) is 0.940. The highest BCUT2D eigenvalue weighted by Gasteiger charge is 1.93. The molecule has 11 heavy (non-hydrogen) atoms. The maximum absolute atomic E-state index is 10.6. The van der Waals surface area contributed by atoms with Gasteiger partial charge in [0.15, 0.2) is 0 Å². The highest BCUT2D eigenvalue weighted by atomic mass is 16.5. The van der Waals surface area contributed by atoms with Crippen molar-refractivity contribution in [3.05, 3.63) is 0 Å². The van der Waals surface area contributed by atoms with E-state index in [1.54, 1.807) is 13.1 Å². The molecule has 0 aliphatic heterocycles. The molecule has 0 rings (SSSR count). The molecule has 64 valence electrons. The van der Waals surface area contributed by atoms with Crippen LogP contribution in [-0.2, 0) is 4.74 Å². The molecule has 4 nitrogen and oxygen atoms in total. The van der Waals surface area contributed by atoms with Crippen LogP contribution in [0, 0.1) is 0 Å². The molecule has 1 N–H and O–H groups in total. The van der Waals surface area contributed by atoms with E-state index >= 15 is 0 Å². The molecule has 0 radical (unpaired) electrons. The molecule has 0 saturated carbocycles. The predicted octanol–water partition coefficient (Wildman–Crippen LogP) is 1.52. The Hall–Kier alpha value is -1.06. The summed E-state index contributed by atoms with van der Waals surface area (Å²) in [6.45, 7) is 4.15. The standard InChI is InChI=1S/C7H14N2O2/c1-3-5-6-8-9-7(10)11-4-2/h6H,3-5H2,1-2H3,(H,9,10)/b8-6-. The van der Waals surface area contributed by atoms with Gasteiger partial charge in [0.25, 0.3) is 0 Å². The van der Waals surface area contributed by atoms with E-state index in [0.29, 0.717) is 6.61 Å². The molecule has 0 atom stereocenters. The van der Waals surface area contributed by atoms with Gasteiger partial charge in [0, 0.05) is 6.21 Å². The second kappa shape index (κ2) is 7.05. The van der Waals surface area contributed by atoms with Crippen molar-refractivity contribution < 1.29 is 9.53 Å². The molecule has 0 heterocycles. The van der Waals surface area contributed by atoms with E-state index in [0.717, 1.165) is 12.8 Å². The molecule has 0 aromatic carbocycles. The number of carbonyl (C=O) groups excluding carboxylic acids is 1. The largest absolute Gasteiger partial charge is 0.449 e. The number of carbonyl (C=O) groups is 1. The number of hydrogen-bond acceptors (Lipinski definition) is 3. The van der Waals surface area contributed by atoms with Crippen LogP contribution in [0.1, 0.15) is 26.7 Å². The number of hydrogen-bond donors (Lipinski definition) is 1. The lowest BCUT2D eigenvalue weighted by atomic mass is 10.4. The van der Waals surface area contributed by atoms with Crippen LogP contribution < -0.4 is 5.43 Å². The Morgan fingerprint density at radius 1 is 1.64 bits per heavy atom. The average molecular weight is 158 g/mol. The van der Waals surface area contributed by atoms with E-state index in [4.69, 9.17) is 0 Å². The summed E-state index contributed by atoms with van der Waals surface area (Å²) >= 11 is 0. The van der Waals surface area contributed by atoms with E-state index in [1.165, 1.54) is 0 Å². The zero-order chi connectivity index (χ0) is 8.53. The number of amides is 1. The molecule has 0 aliphatic carbocycles. The molecule has 0 spiro atoms. The number of rotatable bonds is 4. The quantitative estimate of drug-likeness (QED) is 0.498. The average Bonchev–Trinajstić information content (AvgIpc) is 1.99. The van der Waals surface area contributed by atoms with Gasteiger partial charge in [-0.2, -0.15) is 5.10 Å². The first-order chi connectivity index (χ1) is 5.31. The van der Waals surface area contributed by atoms with Crippen LogP contribution in [-0.4, -0.2) is 18.9 Å². The van der Waals surface area contributed by atoms with E-state index < -0.39 is 6.09 Å². The van der Waals surface area contributed by atoms with Crippen molar-refractivity contribution in [2.45, 2.75) is 26.7 Å². The fourth-order valence-electron chi connectivity index (χ4n) is 0.455. The molecular weight excluding hydrogens is 144 g/mol. The van der Waals surface area contributed by atoms with Gasteiger partial charge in [-0.3, -0.25) is 0 Å². The fourth-order valence-corrected chi connectivity index (χ4v) is 0.455. The molecule has 0 aliphatic rings. The third kappa shape index (κ3) is 6.83. The molecule has 0 saturated heterocycles. The normalized spacial score (nSPS) is 10.0. The molecule has 0 aromatic rings. The van der Waals surface area contributed by atoms with Gasteiger partial charge >= 0.3 is 6.09 Å². The smallest absolute Gasteiger partial charge is 0.427 e. The molecule has 0 bridgehead atoms. The van der Waals surface area contributed by atoms with Gasteiger partial charge in [0.1, 0.15) is 0 Å². The lowest BCUT2D eigenvalue weighted by Gasteiger charge is -1.97. The minimum Gasteiger partial charge on any atom is -0.449 e. The molecule has 0 fully saturated rings. The van der Waals surface area contributed by atoms with Crippen LogP contribution in [0.2, 0.25) is 0 Å². The van der Waals surface area contributed by atoms with Crippen molar-refractivity contribution in [1.29, 1.82) is 0 Å². The van der Waals surface area contributed by atoms with Crippen molar-refractivity contribution in [2.75, 3.05) is 6.61 Å². The van der Waals surface area contributed by atoms with Gasteiger partial charge in [-0.25, -0.2) is 10.2 Å². The van der Waals surface area contributed by atoms with Gasteiger partial charge in [-0.1, -0.05) is 13.3 Å².